The molecule has 0 aliphatic heterocycles. The third-order valence-electron chi connectivity index (χ3n) is 3.44. The van der Waals surface area contributed by atoms with Crippen molar-refractivity contribution in [2.24, 2.45) is 0 Å². The molecule has 0 saturated heterocycles. The minimum atomic E-state index is -0.969. The van der Waals surface area contributed by atoms with Gasteiger partial charge in [-0.05, 0) is 25.1 Å². The predicted octanol–water partition coefficient (Wildman–Crippen LogP) is 3.40. The minimum absolute atomic E-state index is 0.333. The number of halogens is 1. The summed E-state index contributed by atoms with van der Waals surface area (Å²) in [7, 11) is 0. The van der Waals surface area contributed by atoms with Crippen molar-refractivity contribution < 1.29 is 14.3 Å². The molecule has 2 aromatic heterocycles. The van der Waals surface area contributed by atoms with Gasteiger partial charge in [0.05, 0.1) is 10.6 Å². The SMILES string of the molecule is C[C@H](OC(=O)c1c[nH]c2ccccc12)C(=O)Nc1ccc(Cl)cn1. The zero-order valence-electron chi connectivity index (χ0n) is 12.7. The predicted molar refractivity (Wildman–Crippen MR) is 91.1 cm³/mol. The molecule has 0 bridgehead atoms. The number of pyridine rings is 1. The van der Waals surface area contributed by atoms with Crippen molar-refractivity contribution >= 4 is 40.2 Å². The van der Waals surface area contributed by atoms with Gasteiger partial charge in [-0.2, -0.15) is 0 Å². The van der Waals surface area contributed by atoms with Gasteiger partial charge in [0.1, 0.15) is 5.82 Å². The van der Waals surface area contributed by atoms with Gasteiger partial charge in [-0.3, -0.25) is 4.79 Å². The van der Waals surface area contributed by atoms with Gasteiger partial charge in [0.2, 0.25) is 0 Å². The van der Waals surface area contributed by atoms with Gasteiger partial charge in [0, 0.05) is 23.3 Å². The van der Waals surface area contributed by atoms with E-state index >= 15 is 0 Å². The molecule has 3 aromatic rings. The van der Waals surface area contributed by atoms with Crippen LogP contribution in [0.3, 0.4) is 0 Å². The smallest absolute Gasteiger partial charge is 0.341 e. The first-order chi connectivity index (χ1) is 11.5. The Morgan fingerprint density at radius 2 is 2.04 bits per heavy atom. The van der Waals surface area contributed by atoms with Crippen LogP contribution < -0.4 is 5.32 Å². The quantitative estimate of drug-likeness (QED) is 0.711. The van der Waals surface area contributed by atoms with Gasteiger partial charge in [-0.25, -0.2) is 9.78 Å². The number of carbonyl (C=O) groups excluding carboxylic acids is 2. The number of aromatic amines is 1. The van der Waals surface area contributed by atoms with E-state index < -0.39 is 18.0 Å². The molecule has 0 spiro atoms. The number of carbonyl (C=O) groups is 2. The molecule has 0 fully saturated rings. The summed E-state index contributed by atoms with van der Waals surface area (Å²) in [4.78, 5) is 31.3. The Bertz CT molecular complexity index is 889. The highest BCUT2D eigenvalue weighted by Crippen LogP contribution is 2.19. The number of hydrogen-bond acceptors (Lipinski definition) is 4. The Labute approximate surface area is 142 Å². The summed E-state index contributed by atoms with van der Waals surface area (Å²) in [5, 5.41) is 3.77. The highest BCUT2D eigenvalue weighted by Gasteiger charge is 2.21. The molecule has 6 nitrogen and oxygen atoms in total. The van der Waals surface area contributed by atoms with Crippen LogP contribution in [-0.4, -0.2) is 27.9 Å². The van der Waals surface area contributed by atoms with Crippen molar-refractivity contribution in [3.05, 3.63) is 59.4 Å². The fourth-order valence-electron chi connectivity index (χ4n) is 2.20. The zero-order valence-corrected chi connectivity index (χ0v) is 13.5. The molecular weight excluding hydrogens is 330 g/mol. The third kappa shape index (κ3) is 3.38. The van der Waals surface area contributed by atoms with Crippen molar-refractivity contribution in [2.45, 2.75) is 13.0 Å². The molecule has 0 unspecified atom stereocenters. The summed E-state index contributed by atoms with van der Waals surface area (Å²) in [5.41, 5.74) is 1.21. The molecule has 24 heavy (non-hydrogen) atoms. The van der Waals surface area contributed by atoms with E-state index in [0.29, 0.717) is 16.4 Å². The molecule has 1 atom stereocenters. The number of rotatable bonds is 4. The number of H-pyrrole nitrogens is 1. The van der Waals surface area contributed by atoms with E-state index in [4.69, 9.17) is 16.3 Å². The van der Waals surface area contributed by atoms with E-state index in [9.17, 15) is 9.59 Å². The van der Waals surface area contributed by atoms with Crippen molar-refractivity contribution in [2.75, 3.05) is 5.32 Å². The molecule has 2 heterocycles. The van der Waals surface area contributed by atoms with E-state index in [0.717, 1.165) is 10.9 Å². The number of anilines is 1. The van der Waals surface area contributed by atoms with Gasteiger partial charge >= 0.3 is 5.97 Å². The zero-order chi connectivity index (χ0) is 17.1. The average molecular weight is 344 g/mol. The number of esters is 1. The standard InChI is InChI=1S/C17H14ClN3O3/c1-10(16(22)21-15-7-6-11(18)8-20-15)24-17(23)13-9-19-14-5-3-2-4-12(13)14/h2-10,19H,1H3,(H,20,21,22)/t10-/m0/s1. The average Bonchev–Trinajstić information content (AvgIpc) is 3.01. The Balaban J connectivity index is 1.67. The topological polar surface area (TPSA) is 84.1 Å². The molecular formula is C17H14ClN3O3. The lowest BCUT2D eigenvalue weighted by Gasteiger charge is -2.12. The van der Waals surface area contributed by atoms with Crippen LogP contribution in [0.15, 0.2) is 48.8 Å². The molecule has 1 amide bonds. The lowest BCUT2D eigenvalue weighted by atomic mass is 10.2. The van der Waals surface area contributed by atoms with Crippen molar-refractivity contribution in [1.29, 1.82) is 0 Å². The lowest BCUT2D eigenvalue weighted by Crippen LogP contribution is -2.30. The molecule has 0 aliphatic carbocycles. The van der Waals surface area contributed by atoms with E-state index in [-0.39, 0.29) is 0 Å². The summed E-state index contributed by atoms with van der Waals surface area (Å²) >= 11 is 5.74. The maximum atomic E-state index is 12.3. The summed E-state index contributed by atoms with van der Waals surface area (Å²) < 4.78 is 5.24. The Hall–Kier alpha value is -2.86. The molecule has 122 valence electrons. The second-order valence-electron chi connectivity index (χ2n) is 5.15. The number of nitrogens with zero attached hydrogens (tertiary/aromatic N) is 1. The third-order valence-corrected chi connectivity index (χ3v) is 3.66. The molecule has 7 heteroatoms. The van der Waals surface area contributed by atoms with E-state index in [2.05, 4.69) is 15.3 Å². The largest absolute Gasteiger partial charge is 0.449 e. The lowest BCUT2D eigenvalue weighted by molar-refractivity contribution is -0.123. The van der Waals surface area contributed by atoms with Crippen LogP contribution in [0.4, 0.5) is 5.82 Å². The minimum Gasteiger partial charge on any atom is -0.449 e. The molecule has 3 rings (SSSR count). The van der Waals surface area contributed by atoms with Crippen LogP contribution >= 0.6 is 11.6 Å². The highest BCUT2D eigenvalue weighted by molar-refractivity contribution is 6.30. The van der Waals surface area contributed by atoms with Crippen molar-refractivity contribution in [3.8, 4) is 0 Å². The van der Waals surface area contributed by atoms with Crippen molar-refractivity contribution in [1.82, 2.24) is 9.97 Å². The highest BCUT2D eigenvalue weighted by atomic mass is 35.5. The molecule has 0 radical (unpaired) electrons. The van der Waals surface area contributed by atoms with Crippen molar-refractivity contribution in [3.63, 3.8) is 0 Å². The number of benzene rings is 1. The summed E-state index contributed by atoms with van der Waals surface area (Å²) in [5.74, 6) is -0.712. The second-order valence-corrected chi connectivity index (χ2v) is 5.58. The van der Waals surface area contributed by atoms with E-state index in [1.54, 1.807) is 18.3 Å². The maximum absolute atomic E-state index is 12.3. The van der Waals surface area contributed by atoms with Crippen LogP contribution in [0.5, 0.6) is 0 Å². The molecule has 1 aromatic carbocycles. The fraction of sp³-hybridized carbons (Fsp3) is 0.118. The van der Waals surface area contributed by atoms with Gasteiger partial charge in [0.25, 0.3) is 5.91 Å². The van der Waals surface area contributed by atoms with Crippen LogP contribution in [0.2, 0.25) is 5.02 Å². The van der Waals surface area contributed by atoms with E-state index in [1.165, 1.54) is 13.1 Å². The van der Waals surface area contributed by atoms with Gasteiger partial charge in [-0.15, -0.1) is 0 Å². The van der Waals surface area contributed by atoms with E-state index in [1.807, 2.05) is 24.3 Å². The van der Waals surface area contributed by atoms with Gasteiger partial charge in [0.15, 0.2) is 6.10 Å². The summed E-state index contributed by atoms with van der Waals surface area (Å²) in [6.45, 7) is 1.50. The first kappa shape index (κ1) is 16.0. The second kappa shape index (κ2) is 6.72. The Morgan fingerprint density at radius 1 is 1.25 bits per heavy atom. The Morgan fingerprint density at radius 3 is 2.79 bits per heavy atom. The molecule has 0 aliphatic rings. The van der Waals surface area contributed by atoms with Crippen LogP contribution in [-0.2, 0) is 9.53 Å². The summed E-state index contributed by atoms with van der Waals surface area (Å²) in [6.07, 6.45) is 2.02. The first-order valence-corrected chi connectivity index (χ1v) is 7.62. The number of nitrogens with one attached hydrogen (secondary N) is 2. The van der Waals surface area contributed by atoms with Crippen LogP contribution in [0.25, 0.3) is 10.9 Å². The Kier molecular flexibility index (Phi) is 4.48. The number of para-hydroxylation sites is 1. The number of amides is 1. The summed E-state index contributed by atoms with van der Waals surface area (Å²) in [6, 6.07) is 10.5. The first-order valence-electron chi connectivity index (χ1n) is 7.24. The molecule has 0 saturated carbocycles. The number of hydrogen-bond donors (Lipinski definition) is 2. The molecule has 2 N–H and O–H groups in total. The van der Waals surface area contributed by atoms with Crippen LogP contribution in [0.1, 0.15) is 17.3 Å². The normalized spacial score (nSPS) is 11.9. The monoisotopic (exact) mass is 343 g/mol. The van der Waals surface area contributed by atoms with Crippen LogP contribution in [0, 0.1) is 0 Å². The van der Waals surface area contributed by atoms with Gasteiger partial charge < -0.3 is 15.0 Å². The fourth-order valence-corrected chi connectivity index (χ4v) is 2.31. The number of aromatic nitrogens is 2. The maximum Gasteiger partial charge on any atom is 0.341 e. The number of fused-ring (bicyclic) bond motifs is 1. The van der Waals surface area contributed by atoms with Gasteiger partial charge in [-0.1, -0.05) is 29.8 Å². The number of ether oxygens (including phenoxy) is 1.